The monoisotopic (exact) mass is 1020 g/mol. The second kappa shape index (κ2) is 24.5. The van der Waals surface area contributed by atoms with Gasteiger partial charge in [0.25, 0.3) is 11.1 Å². The molecule has 1 atom stereocenters. The molecule has 2 saturated heterocycles. The number of likely N-dealkylation sites (tertiary alicyclic amines) is 2. The van der Waals surface area contributed by atoms with Crippen LogP contribution >= 0.6 is 0 Å². The van der Waals surface area contributed by atoms with Crippen LogP contribution in [0, 0.1) is 13.8 Å². The summed E-state index contributed by atoms with van der Waals surface area (Å²) in [5.41, 5.74) is 7.65. The first-order valence-corrected chi connectivity index (χ1v) is 27.2. The molecule has 0 aromatic carbocycles. The van der Waals surface area contributed by atoms with E-state index in [1.165, 1.54) is 58.9 Å². The minimum atomic E-state index is -1.33. The van der Waals surface area contributed by atoms with E-state index in [1.54, 1.807) is 53.8 Å². The number of hydrogen-bond acceptors (Lipinski definition) is 17. The number of nitrogens with one attached hydrogen (secondary N) is 1. The minimum Gasteiger partial charge on any atom is -0.491 e. The lowest BCUT2D eigenvalue weighted by atomic mass is 10.0. The summed E-state index contributed by atoms with van der Waals surface area (Å²) in [6.07, 6.45) is 21.1. The third-order valence-corrected chi connectivity index (χ3v) is 14.9. The standard InChI is InChI=1S/C26H32N6O3.C16H19N3O3S.C11H17N3O/c1-17-21-16-28-26(29-22-10-9-20(15-27-22)35-14-13-31-11-5-6-12-31)30-24(21)32(19-7-3-4-8-19)25(34)23(17)18(2)33;1-9-12-8-17-16(23(3)22)18-14(12)19(11-6-4-5-7-11)15(21)13(9)10(2)20;12-11-4-3-10(9-13-11)15-8-7-14-5-1-2-6-14/h9-10,15-16,19H,3-8,11-14H2,1-2H3,(H,27,28,29,30);8,11H,4-7H2,1-3H3;3-4,9H,1-2,5-8H2,(H2,12,13). The first-order valence-electron chi connectivity index (χ1n) is 25.6. The lowest BCUT2D eigenvalue weighted by Gasteiger charge is -2.19. The number of nitrogens with zero attached hydrogens (tertiary/aromatic N) is 10. The number of carbonyl (C=O) groups is 2. The van der Waals surface area contributed by atoms with Gasteiger partial charge in [0, 0.05) is 54.6 Å². The number of anilines is 3. The van der Waals surface area contributed by atoms with Gasteiger partial charge in [0.2, 0.25) is 11.1 Å². The Labute approximate surface area is 427 Å². The molecular formula is C53H68N12O7S. The van der Waals surface area contributed by atoms with Crippen molar-refractivity contribution < 1.29 is 23.3 Å². The van der Waals surface area contributed by atoms with E-state index in [0.29, 0.717) is 52.0 Å². The third-order valence-electron chi connectivity index (χ3n) is 14.2. The SMILES string of the molecule is CC(=O)c1c(C)c2cnc(Nc3ccc(OCCN4CCCC4)cn3)nc2n(C2CCCC2)c1=O.CC(=O)c1c(C)c2cnc(S(C)=O)nc2n(C2CCCC2)c1=O.Nc1ccc(OCCN2CCCC2)cn1. The summed E-state index contributed by atoms with van der Waals surface area (Å²) in [7, 11) is -1.33. The predicted octanol–water partition coefficient (Wildman–Crippen LogP) is 7.32. The fourth-order valence-electron chi connectivity index (χ4n) is 10.4. The molecule has 20 heteroatoms. The summed E-state index contributed by atoms with van der Waals surface area (Å²) < 4.78 is 26.4. The molecule has 4 fully saturated rings. The highest BCUT2D eigenvalue weighted by Gasteiger charge is 2.28. The maximum absolute atomic E-state index is 13.3. The second-order valence-corrected chi connectivity index (χ2v) is 20.6. The quantitative estimate of drug-likeness (QED) is 0.0757. The van der Waals surface area contributed by atoms with Crippen LogP contribution in [0.1, 0.15) is 135 Å². The summed E-state index contributed by atoms with van der Waals surface area (Å²) >= 11 is 0. The average Bonchev–Trinajstić information content (AvgIpc) is 4.24. The van der Waals surface area contributed by atoms with E-state index in [1.807, 2.05) is 18.2 Å². The van der Waals surface area contributed by atoms with Gasteiger partial charge < -0.3 is 20.5 Å². The van der Waals surface area contributed by atoms with Crippen molar-refractivity contribution in [3.8, 4) is 11.5 Å². The second-order valence-electron chi connectivity index (χ2n) is 19.3. The van der Waals surface area contributed by atoms with Gasteiger partial charge in [-0.1, -0.05) is 25.7 Å². The first-order chi connectivity index (χ1) is 35.3. The molecule has 0 amide bonds. The van der Waals surface area contributed by atoms with Crippen molar-refractivity contribution in [2.24, 2.45) is 0 Å². The van der Waals surface area contributed by atoms with Crippen LogP contribution in [0.2, 0.25) is 0 Å². The zero-order valence-electron chi connectivity index (χ0n) is 42.7. The van der Waals surface area contributed by atoms with E-state index in [2.05, 4.69) is 40.0 Å². The highest BCUT2D eigenvalue weighted by Crippen LogP contribution is 2.33. The van der Waals surface area contributed by atoms with Crippen molar-refractivity contribution in [1.29, 1.82) is 0 Å². The van der Waals surface area contributed by atoms with E-state index in [-0.39, 0.29) is 51.1 Å². The van der Waals surface area contributed by atoms with Gasteiger partial charge in [0.15, 0.2) is 11.6 Å². The topological polar surface area (TPSA) is 236 Å². The summed E-state index contributed by atoms with van der Waals surface area (Å²) in [6.45, 7) is 14.4. The zero-order chi connectivity index (χ0) is 51.6. The van der Waals surface area contributed by atoms with E-state index in [0.717, 1.165) is 101 Å². The Kier molecular flexibility index (Phi) is 17.7. The Morgan fingerprint density at radius 2 is 1.11 bits per heavy atom. The molecule has 6 aromatic rings. The maximum atomic E-state index is 13.3. The van der Waals surface area contributed by atoms with E-state index in [9.17, 15) is 23.4 Å². The van der Waals surface area contributed by atoms with Crippen LogP contribution in [-0.4, -0.2) is 123 Å². The fourth-order valence-corrected chi connectivity index (χ4v) is 10.8. The highest BCUT2D eigenvalue weighted by atomic mass is 32.2. The Hall–Kier alpha value is -6.51. The van der Waals surface area contributed by atoms with Crippen LogP contribution in [0.5, 0.6) is 11.5 Å². The highest BCUT2D eigenvalue weighted by molar-refractivity contribution is 7.84. The molecule has 73 heavy (non-hydrogen) atoms. The van der Waals surface area contributed by atoms with Crippen LogP contribution in [0.4, 0.5) is 17.6 Å². The first kappa shape index (κ1) is 52.8. The number of carbonyl (C=O) groups excluding carboxylic acids is 2. The lowest BCUT2D eigenvalue weighted by molar-refractivity contribution is 0.100. The third kappa shape index (κ3) is 12.8. The zero-order valence-corrected chi connectivity index (χ0v) is 43.5. The Balaban J connectivity index is 0.000000160. The van der Waals surface area contributed by atoms with Crippen LogP contribution in [0.3, 0.4) is 0 Å². The van der Waals surface area contributed by atoms with Crippen LogP contribution in [0.25, 0.3) is 22.1 Å². The molecule has 388 valence electrons. The number of ether oxygens (including phenoxy) is 2. The number of ketones is 2. The van der Waals surface area contributed by atoms with E-state index >= 15 is 0 Å². The number of Topliss-reactive ketones (excluding diaryl/α,β-unsaturated/α-hetero) is 2. The molecule has 2 aliphatic carbocycles. The van der Waals surface area contributed by atoms with Crippen LogP contribution in [-0.2, 0) is 10.8 Å². The lowest BCUT2D eigenvalue weighted by Crippen LogP contribution is -2.30. The molecule has 0 spiro atoms. The van der Waals surface area contributed by atoms with Crippen molar-refractivity contribution in [3.63, 3.8) is 0 Å². The molecule has 19 nitrogen and oxygen atoms in total. The van der Waals surface area contributed by atoms with Crippen molar-refractivity contribution in [2.45, 2.75) is 122 Å². The minimum absolute atomic E-state index is 0.0386. The van der Waals surface area contributed by atoms with Crippen LogP contribution in [0.15, 0.2) is 63.8 Å². The van der Waals surface area contributed by atoms with E-state index < -0.39 is 10.8 Å². The van der Waals surface area contributed by atoms with Gasteiger partial charge in [-0.25, -0.2) is 24.9 Å². The number of nitrogen functional groups attached to an aromatic ring is 1. The Morgan fingerprint density at radius 1 is 0.644 bits per heavy atom. The maximum Gasteiger partial charge on any atom is 0.263 e. The number of aromatic nitrogens is 8. The number of hydrogen-bond donors (Lipinski definition) is 2. The van der Waals surface area contributed by atoms with Crippen LogP contribution < -0.4 is 31.6 Å². The Morgan fingerprint density at radius 3 is 1.55 bits per heavy atom. The number of aryl methyl sites for hydroxylation is 2. The van der Waals surface area contributed by atoms with Crippen molar-refractivity contribution in [1.82, 2.24) is 48.8 Å². The molecule has 4 aliphatic rings. The molecule has 1 unspecified atom stereocenters. The molecular weight excluding hydrogens is 949 g/mol. The number of pyridine rings is 4. The van der Waals surface area contributed by atoms with Gasteiger partial charge >= 0.3 is 0 Å². The van der Waals surface area contributed by atoms with Crippen molar-refractivity contribution in [3.05, 3.63) is 92.0 Å². The molecule has 2 saturated carbocycles. The number of rotatable bonds is 15. The summed E-state index contributed by atoms with van der Waals surface area (Å²) in [4.78, 5) is 81.4. The molecule has 8 heterocycles. The number of nitrogens with two attached hydrogens (primary N) is 1. The molecule has 6 aromatic heterocycles. The molecule has 10 rings (SSSR count). The van der Waals surface area contributed by atoms with Crippen molar-refractivity contribution in [2.75, 3.05) is 69.8 Å². The van der Waals surface area contributed by atoms with Gasteiger partial charge in [0.1, 0.15) is 47.6 Å². The Bertz CT molecular complexity index is 3050. The molecule has 0 radical (unpaired) electrons. The summed E-state index contributed by atoms with van der Waals surface area (Å²) in [6, 6.07) is 7.39. The fraction of sp³-hybridized carbons (Fsp3) is 0.509. The largest absolute Gasteiger partial charge is 0.491 e. The van der Waals surface area contributed by atoms with Gasteiger partial charge in [-0.2, -0.15) is 4.98 Å². The van der Waals surface area contributed by atoms with Gasteiger partial charge in [-0.05, 0) is 141 Å². The van der Waals surface area contributed by atoms with Gasteiger partial charge in [0.05, 0.1) is 34.3 Å². The summed E-state index contributed by atoms with van der Waals surface area (Å²) in [5.74, 6) is 2.51. The smallest absolute Gasteiger partial charge is 0.263 e. The molecule has 0 bridgehead atoms. The number of fused-ring (bicyclic) bond motifs is 2. The summed E-state index contributed by atoms with van der Waals surface area (Å²) in [5, 5.41) is 4.75. The van der Waals surface area contributed by atoms with Crippen molar-refractivity contribution >= 4 is 62.0 Å². The van der Waals surface area contributed by atoms with Gasteiger partial charge in [-0.15, -0.1) is 0 Å². The van der Waals surface area contributed by atoms with Gasteiger partial charge in [-0.3, -0.25) is 42.3 Å². The predicted molar refractivity (Wildman–Crippen MR) is 283 cm³/mol. The normalized spacial score (nSPS) is 16.8. The molecule has 2 aliphatic heterocycles. The molecule has 3 N–H and O–H groups in total. The average molecular weight is 1020 g/mol. The van der Waals surface area contributed by atoms with E-state index in [4.69, 9.17) is 20.2 Å².